The first-order chi connectivity index (χ1) is 12.6. The standard InChI is InChI=1S/C20H27N3O3/c1-14-5-4-6-18(21-14)20(25)23-10-16-13-26-12-15(17(16)11-23)9-19(24)22-7-2-3-8-22/h4-6,15-17H,2-3,7-13H2,1H3/t15-,16-,17+/m1/s1. The summed E-state index contributed by atoms with van der Waals surface area (Å²) in [5.41, 5.74) is 1.36. The van der Waals surface area contributed by atoms with Crippen LogP contribution in [0.4, 0.5) is 0 Å². The molecule has 3 fully saturated rings. The number of nitrogens with zero attached hydrogens (tertiary/aromatic N) is 3. The number of pyridine rings is 1. The Hall–Kier alpha value is -1.95. The highest BCUT2D eigenvalue weighted by Crippen LogP contribution is 2.36. The Morgan fingerprint density at radius 1 is 1.15 bits per heavy atom. The smallest absolute Gasteiger partial charge is 0.272 e. The fourth-order valence-electron chi connectivity index (χ4n) is 4.62. The van der Waals surface area contributed by atoms with Crippen LogP contribution in [0.15, 0.2) is 18.2 Å². The average Bonchev–Trinajstić information content (AvgIpc) is 3.31. The van der Waals surface area contributed by atoms with Crippen LogP contribution in [-0.4, -0.2) is 66.0 Å². The first kappa shape index (κ1) is 17.5. The van der Waals surface area contributed by atoms with Crippen LogP contribution in [0.5, 0.6) is 0 Å². The van der Waals surface area contributed by atoms with Gasteiger partial charge in [-0.05, 0) is 43.7 Å². The summed E-state index contributed by atoms with van der Waals surface area (Å²) in [7, 11) is 0. The summed E-state index contributed by atoms with van der Waals surface area (Å²) in [4.78, 5) is 33.6. The molecule has 4 heterocycles. The Morgan fingerprint density at radius 2 is 1.96 bits per heavy atom. The monoisotopic (exact) mass is 357 g/mol. The van der Waals surface area contributed by atoms with E-state index in [-0.39, 0.29) is 17.7 Å². The van der Waals surface area contributed by atoms with Gasteiger partial charge in [0.1, 0.15) is 5.69 Å². The Labute approximate surface area is 154 Å². The summed E-state index contributed by atoms with van der Waals surface area (Å²) in [6, 6.07) is 5.55. The van der Waals surface area contributed by atoms with E-state index in [9.17, 15) is 9.59 Å². The number of hydrogen-bond donors (Lipinski definition) is 0. The lowest BCUT2D eigenvalue weighted by atomic mass is 9.81. The summed E-state index contributed by atoms with van der Waals surface area (Å²) >= 11 is 0. The molecule has 3 atom stereocenters. The van der Waals surface area contributed by atoms with Gasteiger partial charge >= 0.3 is 0 Å². The lowest BCUT2D eigenvalue weighted by Crippen LogP contribution is -2.39. The molecule has 4 rings (SSSR count). The van der Waals surface area contributed by atoms with Crippen molar-refractivity contribution in [2.45, 2.75) is 26.2 Å². The summed E-state index contributed by atoms with van der Waals surface area (Å²) in [5, 5.41) is 0. The van der Waals surface area contributed by atoms with Crippen LogP contribution in [0.1, 0.15) is 35.4 Å². The average molecular weight is 357 g/mol. The number of aromatic nitrogens is 1. The molecule has 2 amide bonds. The lowest BCUT2D eigenvalue weighted by Gasteiger charge is -2.33. The summed E-state index contributed by atoms with van der Waals surface area (Å²) in [6.07, 6.45) is 2.78. The Kier molecular flexibility index (Phi) is 4.94. The molecule has 0 N–H and O–H groups in total. The molecule has 0 saturated carbocycles. The molecule has 3 aliphatic heterocycles. The van der Waals surface area contributed by atoms with Gasteiger partial charge in [0.15, 0.2) is 0 Å². The molecular formula is C20H27N3O3. The predicted octanol–water partition coefficient (Wildman–Crippen LogP) is 1.74. The largest absolute Gasteiger partial charge is 0.381 e. The van der Waals surface area contributed by atoms with Crippen molar-refractivity contribution in [3.63, 3.8) is 0 Å². The van der Waals surface area contributed by atoms with E-state index >= 15 is 0 Å². The number of amides is 2. The summed E-state index contributed by atoms with van der Waals surface area (Å²) < 4.78 is 5.79. The van der Waals surface area contributed by atoms with Crippen molar-refractivity contribution >= 4 is 11.8 Å². The number of likely N-dealkylation sites (tertiary alicyclic amines) is 2. The summed E-state index contributed by atoms with van der Waals surface area (Å²) in [5.74, 6) is 1.14. The summed E-state index contributed by atoms with van der Waals surface area (Å²) in [6.45, 7) is 6.41. The lowest BCUT2D eigenvalue weighted by molar-refractivity contribution is -0.133. The molecule has 0 aliphatic carbocycles. The van der Waals surface area contributed by atoms with Gasteiger partial charge in [-0.25, -0.2) is 4.98 Å². The van der Waals surface area contributed by atoms with Gasteiger partial charge in [0, 0.05) is 44.2 Å². The second-order valence-electron chi connectivity index (χ2n) is 7.89. The van der Waals surface area contributed by atoms with Crippen LogP contribution in [0, 0.1) is 24.7 Å². The van der Waals surface area contributed by atoms with Crippen molar-refractivity contribution in [1.29, 1.82) is 0 Å². The minimum absolute atomic E-state index is 0.00674. The third-order valence-electron chi connectivity index (χ3n) is 6.05. The molecular weight excluding hydrogens is 330 g/mol. The topological polar surface area (TPSA) is 62.7 Å². The number of aryl methyl sites for hydroxylation is 1. The maximum atomic E-state index is 12.8. The van der Waals surface area contributed by atoms with Crippen LogP contribution in [-0.2, 0) is 9.53 Å². The van der Waals surface area contributed by atoms with E-state index in [1.54, 1.807) is 6.07 Å². The molecule has 6 nitrogen and oxygen atoms in total. The highest BCUT2D eigenvalue weighted by molar-refractivity contribution is 5.92. The number of rotatable bonds is 3. The second-order valence-corrected chi connectivity index (χ2v) is 7.89. The van der Waals surface area contributed by atoms with Gasteiger partial charge in [-0.3, -0.25) is 9.59 Å². The van der Waals surface area contributed by atoms with Gasteiger partial charge in [-0.15, -0.1) is 0 Å². The first-order valence-corrected chi connectivity index (χ1v) is 9.70. The molecule has 1 aromatic rings. The number of fused-ring (bicyclic) bond motifs is 1. The predicted molar refractivity (Wildman–Crippen MR) is 96.6 cm³/mol. The molecule has 1 aromatic heterocycles. The minimum atomic E-state index is -0.00674. The molecule has 6 heteroatoms. The van der Waals surface area contributed by atoms with Gasteiger partial charge in [-0.2, -0.15) is 0 Å². The molecule has 0 spiro atoms. The zero-order valence-corrected chi connectivity index (χ0v) is 15.4. The first-order valence-electron chi connectivity index (χ1n) is 9.70. The maximum absolute atomic E-state index is 12.8. The quantitative estimate of drug-likeness (QED) is 0.827. The van der Waals surface area contributed by atoms with Gasteiger partial charge in [0.25, 0.3) is 5.91 Å². The highest BCUT2D eigenvalue weighted by Gasteiger charge is 2.43. The third kappa shape index (κ3) is 3.47. The zero-order chi connectivity index (χ0) is 18.1. The van der Waals surface area contributed by atoms with Crippen molar-refractivity contribution in [3.05, 3.63) is 29.6 Å². The fourth-order valence-corrected chi connectivity index (χ4v) is 4.62. The van der Waals surface area contributed by atoms with E-state index in [4.69, 9.17) is 4.74 Å². The van der Waals surface area contributed by atoms with Crippen LogP contribution in [0.3, 0.4) is 0 Å². The molecule has 0 unspecified atom stereocenters. The van der Waals surface area contributed by atoms with Crippen molar-refractivity contribution in [2.75, 3.05) is 39.4 Å². The van der Waals surface area contributed by atoms with E-state index in [0.29, 0.717) is 50.3 Å². The molecule has 3 saturated heterocycles. The van der Waals surface area contributed by atoms with E-state index in [2.05, 4.69) is 4.98 Å². The van der Waals surface area contributed by atoms with Crippen molar-refractivity contribution in [3.8, 4) is 0 Å². The third-order valence-corrected chi connectivity index (χ3v) is 6.05. The second kappa shape index (κ2) is 7.35. The van der Waals surface area contributed by atoms with Gasteiger partial charge in [-0.1, -0.05) is 6.07 Å². The van der Waals surface area contributed by atoms with E-state index in [1.807, 2.05) is 28.9 Å². The zero-order valence-electron chi connectivity index (χ0n) is 15.4. The molecule has 140 valence electrons. The molecule has 0 aromatic carbocycles. The van der Waals surface area contributed by atoms with Gasteiger partial charge in [0.2, 0.25) is 5.91 Å². The molecule has 0 bridgehead atoms. The SMILES string of the molecule is Cc1cccc(C(=O)N2C[C@@H]3COC[C@@H](CC(=O)N4CCCC4)[C@@H]3C2)n1. The fraction of sp³-hybridized carbons (Fsp3) is 0.650. The van der Waals surface area contributed by atoms with Crippen molar-refractivity contribution in [2.24, 2.45) is 17.8 Å². The molecule has 0 radical (unpaired) electrons. The van der Waals surface area contributed by atoms with Crippen molar-refractivity contribution < 1.29 is 14.3 Å². The van der Waals surface area contributed by atoms with Crippen LogP contribution < -0.4 is 0 Å². The normalized spacial score (nSPS) is 28.3. The maximum Gasteiger partial charge on any atom is 0.272 e. The van der Waals surface area contributed by atoms with Crippen molar-refractivity contribution in [1.82, 2.24) is 14.8 Å². The van der Waals surface area contributed by atoms with Crippen LogP contribution in [0.2, 0.25) is 0 Å². The van der Waals surface area contributed by atoms with E-state index in [1.165, 1.54) is 0 Å². The molecule has 3 aliphatic rings. The Balaban J connectivity index is 1.42. The highest BCUT2D eigenvalue weighted by atomic mass is 16.5. The Morgan fingerprint density at radius 3 is 2.73 bits per heavy atom. The van der Waals surface area contributed by atoms with Gasteiger partial charge in [0.05, 0.1) is 13.2 Å². The number of ether oxygens (including phenoxy) is 1. The molecule has 26 heavy (non-hydrogen) atoms. The number of carbonyl (C=O) groups excluding carboxylic acids is 2. The number of hydrogen-bond acceptors (Lipinski definition) is 4. The van der Waals surface area contributed by atoms with E-state index < -0.39 is 0 Å². The van der Waals surface area contributed by atoms with Crippen LogP contribution in [0.25, 0.3) is 0 Å². The Bertz CT molecular complexity index is 687. The van der Waals surface area contributed by atoms with Crippen LogP contribution >= 0.6 is 0 Å². The van der Waals surface area contributed by atoms with Gasteiger partial charge < -0.3 is 14.5 Å². The van der Waals surface area contributed by atoms with E-state index in [0.717, 1.165) is 31.6 Å². The number of carbonyl (C=O) groups is 2. The minimum Gasteiger partial charge on any atom is -0.381 e.